The molecule has 0 aliphatic rings. The van der Waals surface area contributed by atoms with Crippen LogP contribution in [0.1, 0.15) is 81.4 Å². The lowest BCUT2D eigenvalue weighted by molar-refractivity contribution is 0.0680. The molecule has 0 radical (unpaired) electrons. The van der Waals surface area contributed by atoms with E-state index in [-0.39, 0.29) is 23.2 Å². The summed E-state index contributed by atoms with van der Waals surface area (Å²) in [6.45, 7) is 10.3. The second-order valence-electron chi connectivity index (χ2n) is 10.1. The molecule has 38 heavy (non-hydrogen) atoms. The Morgan fingerprint density at radius 3 is 1.92 bits per heavy atom. The van der Waals surface area contributed by atoms with Crippen molar-refractivity contribution in [3.05, 3.63) is 106 Å². The SMILES string of the molecule is Cc1cccc(C)c1-c1cc(CC(C)c2cccc(C(C)C)c2-c2cccc(C(=O)O)n2)cc(C(=O)O)n1. The summed E-state index contributed by atoms with van der Waals surface area (Å²) in [5.41, 5.74) is 8.22. The number of rotatable bonds is 8. The van der Waals surface area contributed by atoms with Crippen LogP contribution >= 0.6 is 0 Å². The second kappa shape index (κ2) is 11.0. The van der Waals surface area contributed by atoms with Gasteiger partial charge < -0.3 is 10.2 Å². The number of nitrogens with zero attached hydrogens (tertiary/aromatic N) is 2. The Bertz CT molecular complexity index is 1500. The zero-order valence-electron chi connectivity index (χ0n) is 22.3. The van der Waals surface area contributed by atoms with Crippen molar-refractivity contribution in [1.29, 1.82) is 0 Å². The predicted octanol–water partition coefficient (Wildman–Crippen LogP) is 7.29. The standard InChI is InChI=1S/C32H32N2O4/c1-18(2)23-11-7-12-24(30(23)25-13-8-14-26(33-25)31(35)36)21(5)15-22-16-27(34-28(17-22)32(37)38)29-19(3)9-6-10-20(29)4/h6-14,16-18,21H,15H2,1-5H3,(H,35,36)(H,37,38). The summed E-state index contributed by atoms with van der Waals surface area (Å²) in [6, 6.07) is 20.8. The van der Waals surface area contributed by atoms with Gasteiger partial charge in [0.1, 0.15) is 11.4 Å². The Labute approximate surface area is 223 Å². The fraction of sp³-hybridized carbons (Fsp3) is 0.250. The minimum absolute atomic E-state index is 0.00172. The zero-order chi connectivity index (χ0) is 27.6. The Kier molecular flexibility index (Phi) is 7.72. The van der Waals surface area contributed by atoms with Crippen molar-refractivity contribution in [3.8, 4) is 22.5 Å². The Morgan fingerprint density at radius 1 is 0.711 bits per heavy atom. The topological polar surface area (TPSA) is 100 Å². The Balaban J connectivity index is 1.82. The summed E-state index contributed by atoms with van der Waals surface area (Å²) in [5.74, 6) is -1.94. The minimum atomic E-state index is -1.07. The molecule has 0 saturated carbocycles. The maximum atomic E-state index is 12.0. The van der Waals surface area contributed by atoms with Crippen LogP contribution in [0.15, 0.2) is 66.7 Å². The van der Waals surface area contributed by atoms with Crippen LogP contribution in [0, 0.1) is 13.8 Å². The first kappa shape index (κ1) is 26.7. The van der Waals surface area contributed by atoms with Crippen molar-refractivity contribution in [1.82, 2.24) is 9.97 Å². The van der Waals surface area contributed by atoms with E-state index in [1.54, 1.807) is 12.1 Å². The fourth-order valence-corrected chi connectivity index (χ4v) is 5.09. The van der Waals surface area contributed by atoms with Gasteiger partial charge in [-0.2, -0.15) is 0 Å². The van der Waals surface area contributed by atoms with Gasteiger partial charge in [-0.05, 0) is 84.2 Å². The lowest BCUT2D eigenvalue weighted by atomic mass is 9.83. The van der Waals surface area contributed by atoms with E-state index in [4.69, 9.17) is 0 Å². The highest BCUT2D eigenvalue weighted by atomic mass is 16.4. The average Bonchev–Trinajstić information content (AvgIpc) is 2.88. The summed E-state index contributed by atoms with van der Waals surface area (Å²) in [4.78, 5) is 32.5. The molecule has 6 heteroatoms. The third-order valence-electron chi connectivity index (χ3n) is 6.89. The normalized spacial score (nSPS) is 11.9. The zero-order valence-corrected chi connectivity index (χ0v) is 22.3. The van der Waals surface area contributed by atoms with Gasteiger partial charge in [0.25, 0.3) is 0 Å². The molecule has 0 aliphatic heterocycles. The highest BCUT2D eigenvalue weighted by Crippen LogP contribution is 2.37. The van der Waals surface area contributed by atoms with Crippen molar-refractivity contribution in [2.24, 2.45) is 0 Å². The maximum Gasteiger partial charge on any atom is 0.354 e. The molecule has 1 unspecified atom stereocenters. The van der Waals surface area contributed by atoms with Gasteiger partial charge in [0.15, 0.2) is 0 Å². The van der Waals surface area contributed by atoms with Gasteiger partial charge in [-0.25, -0.2) is 19.6 Å². The molecule has 0 bridgehead atoms. The molecule has 4 aromatic rings. The van der Waals surface area contributed by atoms with E-state index in [0.717, 1.165) is 38.9 Å². The number of hydrogen-bond acceptors (Lipinski definition) is 4. The Hall–Kier alpha value is -4.32. The van der Waals surface area contributed by atoms with Crippen molar-refractivity contribution >= 4 is 11.9 Å². The molecule has 0 spiro atoms. The van der Waals surface area contributed by atoms with E-state index in [2.05, 4.69) is 36.8 Å². The number of hydrogen-bond donors (Lipinski definition) is 2. The number of carbonyl (C=O) groups is 2. The van der Waals surface area contributed by atoms with Crippen molar-refractivity contribution in [3.63, 3.8) is 0 Å². The molecule has 6 nitrogen and oxygen atoms in total. The number of aromatic carboxylic acids is 2. The van der Waals surface area contributed by atoms with E-state index in [0.29, 0.717) is 17.8 Å². The summed E-state index contributed by atoms with van der Waals surface area (Å²) in [6.07, 6.45) is 0.577. The second-order valence-corrected chi connectivity index (χ2v) is 10.1. The first-order valence-electron chi connectivity index (χ1n) is 12.7. The number of aryl methyl sites for hydroxylation is 2. The average molecular weight is 509 g/mol. The molecule has 0 amide bonds. The van der Waals surface area contributed by atoms with Crippen molar-refractivity contribution in [2.75, 3.05) is 0 Å². The maximum absolute atomic E-state index is 12.0. The highest BCUT2D eigenvalue weighted by molar-refractivity contribution is 5.87. The van der Waals surface area contributed by atoms with Crippen LogP contribution in [0.5, 0.6) is 0 Å². The number of aromatic nitrogens is 2. The van der Waals surface area contributed by atoms with Crippen LogP contribution in [0.4, 0.5) is 0 Å². The molecule has 0 aliphatic carbocycles. The molecular weight excluding hydrogens is 476 g/mol. The molecule has 1 atom stereocenters. The lowest BCUT2D eigenvalue weighted by Gasteiger charge is -2.22. The molecule has 0 saturated heterocycles. The van der Waals surface area contributed by atoms with Crippen molar-refractivity contribution < 1.29 is 19.8 Å². The van der Waals surface area contributed by atoms with Crippen LogP contribution in [0.2, 0.25) is 0 Å². The first-order chi connectivity index (χ1) is 18.1. The molecule has 2 heterocycles. The minimum Gasteiger partial charge on any atom is -0.477 e. The van der Waals surface area contributed by atoms with Gasteiger partial charge in [0.2, 0.25) is 0 Å². The van der Waals surface area contributed by atoms with Crippen LogP contribution in [0.25, 0.3) is 22.5 Å². The van der Waals surface area contributed by atoms with Crippen LogP contribution in [0.3, 0.4) is 0 Å². The summed E-state index contributed by atoms with van der Waals surface area (Å²) < 4.78 is 0. The molecule has 4 rings (SSSR count). The molecule has 2 N–H and O–H groups in total. The quantitative estimate of drug-likeness (QED) is 0.259. The van der Waals surface area contributed by atoms with Gasteiger partial charge in [0, 0.05) is 11.1 Å². The van der Waals surface area contributed by atoms with Crippen molar-refractivity contribution in [2.45, 2.75) is 52.9 Å². The highest BCUT2D eigenvalue weighted by Gasteiger charge is 2.21. The molecule has 2 aromatic heterocycles. The van der Waals surface area contributed by atoms with Gasteiger partial charge >= 0.3 is 11.9 Å². The van der Waals surface area contributed by atoms with E-state index >= 15 is 0 Å². The van der Waals surface area contributed by atoms with Gasteiger partial charge in [-0.3, -0.25) is 0 Å². The molecule has 2 aromatic carbocycles. The number of carboxylic acid groups (broad SMARTS) is 2. The largest absolute Gasteiger partial charge is 0.477 e. The number of benzene rings is 2. The molecule has 0 fully saturated rings. The number of carboxylic acids is 2. The smallest absolute Gasteiger partial charge is 0.354 e. The fourth-order valence-electron chi connectivity index (χ4n) is 5.09. The monoisotopic (exact) mass is 508 g/mol. The van der Waals surface area contributed by atoms with E-state index < -0.39 is 11.9 Å². The van der Waals surface area contributed by atoms with Gasteiger partial charge in [-0.1, -0.05) is 63.2 Å². The van der Waals surface area contributed by atoms with Gasteiger partial charge in [-0.15, -0.1) is 0 Å². The van der Waals surface area contributed by atoms with Crippen LogP contribution < -0.4 is 0 Å². The van der Waals surface area contributed by atoms with E-state index in [1.165, 1.54) is 6.07 Å². The summed E-state index contributed by atoms with van der Waals surface area (Å²) >= 11 is 0. The van der Waals surface area contributed by atoms with Gasteiger partial charge in [0.05, 0.1) is 11.4 Å². The van der Waals surface area contributed by atoms with Crippen LogP contribution in [-0.4, -0.2) is 32.1 Å². The van der Waals surface area contributed by atoms with Crippen LogP contribution in [-0.2, 0) is 6.42 Å². The lowest BCUT2D eigenvalue weighted by Crippen LogP contribution is -2.09. The van der Waals surface area contributed by atoms with E-state index in [1.807, 2.05) is 56.3 Å². The van der Waals surface area contributed by atoms with E-state index in [9.17, 15) is 19.8 Å². The first-order valence-corrected chi connectivity index (χ1v) is 12.7. The predicted molar refractivity (Wildman–Crippen MR) is 149 cm³/mol. The molecular formula is C32H32N2O4. The molecule has 194 valence electrons. The Morgan fingerprint density at radius 2 is 1.29 bits per heavy atom. The number of pyridine rings is 2. The third kappa shape index (κ3) is 5.49. The summed E-state index contributed by atoms with van der Waals surface area (Å²) in [7, 11) is 0. The summed E-state index contributed by atoms with van der Waals surface area (Å²) in [5, 5.41) is 19.3. The third-order valence-corrected chi connectivity index (χ3v) is 6.89.